The summed E-state index contributed by atoms with van der Waals surface area (Å²) >= 11 is 7.24. The summed E-state index contributed by atoms with van der Waals surface area (Å²) in [4.78, 5) is 19.3. The van der Waals surface area contributed by atoms with Crippen molar-refractivity contribution in [3.63, 3.8) is 0 Å². The van der Waals surface area contributed by atoms with Gasteiger partial charge < -0.3 is 21.3 Å². The van der Waals surface area contributed by atoms with Crippen LogP contribution in [0.15, 0.2) is 60.1 Å². The Morgan fingerprint density at radius 1 is 1.17 bits per heavy atom. The number of hydrogen-bond acceptors (Lipinski definition) is 8. The maximum Gasteiger partial charge on any atom is 0.429 e. The average molecular weight is 639 g/mol. The first-order valence-corrected chi connectivity index (χ1v) is 13.3. The third-order valence-corrected chi connectivity index (χ3v) is 7.40. The molecular formula is C27H23Cl2F3N6O3S. The molecule has 0 amide bonds. The van der Waals surface area contributed by atoms with Crippen LogP contribution in [0.25, 0.3) is 27.0 Å². The molecule has 9 nitrogen and oxygen atoms in total. The summed E-state index contributed by atoms with van der Waals surface area (Å²) in [7, 11) is 0. The molecule has 0 aliphatic rings. The van der Waals surface area contributed by atoms with Gasteiger partial charge in [-0.15, -0.1) is 23.7 Å². The Balaban J connectivity index is 0.00000405. The summed E-state index contributed by atoms with van der Waals surface area (Å²) in [6.45, 7) is 1.71. The number of anilines is 1. The number of thiophene rings is 1. The first-order chi connectivity index (χ1) is 19.4. The van der Waals surface area contributed by atoms with E-state index in [-0.39, 0.29) is 51.6 Å². The lowest BCUT2D eigenvalue weighted by molar-refractivity contribution is -0.198. The molecule has 2 atom stereocenters. The van der Waals surface area contributed by atoms with Crippen molar-refractivity contribution in [1.29, 1.82) is 0 Å². The number of carboxylic acid groups (broad SMARTS) is 1. The van der Waals surface area contributed by atoms with Gasteiger partial charge in [-0.05, 0) is 42.7 Å². The predicted octanol–water partition coefficient (Wildman–Crippen LogP) is 6.15. The summed E-state index contributed by atoms with van der Waals surface area (Å²) in [5.41, 5.74) is 14.3. The topological polar surface area (TPSA) is 142 Å². The van der Waals surface area contributed by atoms with Gasteiger partial charge in [0.15, 0.2) is 0 Å². The molecule has 42 heavy (non-hydrogen) atoms. The fourth-order valence-electron chi connectivity index (χ4n) is 4.26. The highest BCUT2D eigenvalue weighted by Gasteiger charge is 2.45. The van der Waals surface area contributed by atoms with Gasteiger partial charge in [0.05, 0.1) is 16.9 Å². The van der Waals surface area contributed by atoms with E-state index >= 15 is 0 Å². The normalized spacial score (nSPS) is 13.0. The summed E-state index contributed by atoms with van der Waals surface area (Å²) in [5.74, 6) is -1.70. The number of halogens is 5. The minimum absolute atomic E-state index is 0. The Labute approximate surface area is 252 Å². The molecule has 5 aromatic rings. The number of rotatable bonds is 8. The zero-order chi connectivity index (χ0) is 29.5. The molecule has 220 valence electrons. The van der Waals surface area contributed by atoms with E-state index in [1.165, 1.54) is 29.1 Å². The van der Waals surface area contributed by atoms with Crippen LogP contribution in [0.2, 0.25) is 5.02 Å². The molecule has 15 heteroatoms. The molecular weight excluding hydrogens is 616 g/mol. The maximum atomic E-state index is 14.5. The molecule has 0 unspecified atom stereocenters. The van der Waals surface area contributed by atoms with Gasteiger partial charge in [0.1, 0.15) is 10.7 Å². The smallest absolute Gasteiger partial charge is 0.429 e. The molecule has 0 radical (unpaired) electrons. The van der Waals surface area contributed by atoms with Crippen molar-refractivity contribution in [2.75, 3.05) is 5.73 Å². The number of benzene rings is 2. The Hall–Kier alpha value is -3.91. The molecule has 0 aliphatic heterocycles. The number of nitrogen functional groups attached to an aromatic ring is 1. The van der Waals surface area contributed by atoms with Crippen molar-refractivity contribution in [2.45, 2.75) is 31.7 Å². The number of aliphatic carboxylic acids is 1. The number of nitrogens with two attached hydrogens (primary N) is 2. The van der Waals surface area contributed by atoms with Gasteiger partial charge in [-0.3, -0.25) is 4.79 Å². The first kappa shape index (κ1) is 31.0. The quantitative estimate of drug-likeness (QED) is 0.184. The van der Waals surface area contributed by atoms with Crippen LogP contribution < -0.4 is 16.2 Å². The molecule has 0 saturated heterocycles. The monoisotopic (exact) mass is 638 g/mol. The predicted molar refractivity (Wildman–Crippen MR) is 157 cm³/mol. The number of hydrogen-bond donors (Lipinski definition) is 3. The number of ether oxygens (including phenoxy) is 1. The van der Waals surface area contributed by atoms with Crippen molar-refractivity contribution in [2.24, 2.45) is 5.73 Å². The van der Waals surface area contributed by atoms with Crippen LogP contribution in [0.3, 0.4) is 0 Å². The minimum atomic E-state index is -4.84. The Morgan fingerprint density at radius 3 is 2.50 bits per heavy atom. The van der Waals surface area contributed by atoms with Crippen LogP contribution in [0.1, 0.15) is 22.9 Å². The summed E-state index contributed by atoms with van der Waals surface area (Å²) in [5, 5.41) is 15.2. The molecule has 0 saturated carbocycles. The second-order valence-corrected chi connectivity index (χ2v) is 10.5. The zero-order valence-corrected chi connectivity index (χ0v) is 24.1. The number of aromatic nitrogens is 4. The molecule has 5 rings (SSSR count). The first-order valence-electron chi connectivity index (χ1n) is 12.1. The minimum Gasteiger partial charge on any atom is -0.480 e. The number of alkyl halides is 3. The number of carbonyl (C=O) groups is 1. The fraction of sp³-hybridized carbons (Fsp3) is 0.185. The van der Waals surface area contributed by atoms with Gasteiger partial charge in [0.2, 0.25) is 17.9 Å². The van der Waals surface area contributed by atoms with Crippen molar-refractivity contribution in [3.05, 3.63) is 82.0 Å². The van der Waals surface area contributed by atoms with E-state index in [9.17, 15) is 18.0 Å². The zero-order valence-electron chi connectivity index (χ0n) is 21.7. The summed E-state index contributed by atoms with van der Waals surface area (Å²) in [6.07, 6.45) is -5.61. The van der Waals surface area contributed by atoms with E-state index in [0.717, 1.165) is 11.3 Å². The van der Waals surface area contributed by atoms with Crippen LogP contribution in [0.5, 0.6) is 5.88 Å². The van der Waals surface area contributed by atoms with E-state index in [4.69, 9.17) is 32.9 Å². The highest BCUT2D eigenvalue weighted by molar-refractivity contribution is 7.18. The van der Waals surface area contributed by atoms with E-state index in [0.29, 0.717) is 27.9 Å². The molecule has 0 fully saturated rings. The number of nitrogens with zero attached hydrogens (tertiary/aromatic N) is 4. The third-order valence-electron chi connectivity index (χ3n) is 6.21. The van der Waals surface area contributed by atoms with Crippen LogP contribution in [0.4, 0.5) is 19.1 Å². The van der Waals surface area contributed by atoms with E-state index in [2.05, 4.69) is 15.1 Å². The van der Waals surface area contributed by atoms with Crippen LogP contribution in [-0.2, 0) is 11.2 Å². The van der Waals surface area contributed by atoms with Crippen molar-refractivity contribution in [1.82, 2.24) is 19.7 Å². The lowest BCUT2D eigenvalue weighted by Crippen LogP contribution is -2.32. The molecule has 2 aromatic carbocycles. The number of aryl methyl sites for hydroxylation is 1. The van der Waals surface area contributed by atoms with Gasteiger partial charge in [0.25, 0.3) is 0 Å². The summed E-state index contributed by atoms with van der Waals surface area (Å²) in [6, 6.07) is 11.5. The lowest BCUT2D eigenvalue weighted by Gasteiger charge is -2.24. The van der Waals surface area contributed by atoms with Gasteiger partial charge >= 0.3 is 12.1 Å². The van der Waals surface area contributed by atoms with Crippen molar-refractivity contribution >= 4 is 57.5 Å². The molecule has 3 heterocycles. The Kier molecular flexibility index (Phi) is 8.97. The fourth-order valence-corrected chi connectivity index (χ4v) is 5.37. The van der Waals surface area contributed by atoms with Gasteiger partial charge in [-0.2, -0.15) is 23.3 Å². The second-order valence-electron chi connectivity index (χ2n) is 9.20. The largest absolute Gasteiger partial charge is 0.480 e. The highest BCUT2D eigenvalue weighted by atomic mass is 35.5. The third kappa shape index (κ3) is 6.44. The molecule has 3 aromatic heterocycles. The van der Waals surface area contributed by atoms with Crippen molar-refractivity contribution in [3.8, 4) is 22.7 Å². The van der Waals surface area contributed by atoms with Gasteiger partial charge in [-0.25, -0.2) is 9.67 Å². The highest BCUT2D eigenvalue weighted by Crippen LogP contribution is 2.43. The van der Waals surface area contributed by atoms with Crippen LogP contribution >= 0.6 is 35.3 Å². The SMILES string of the molecule is Cc1ccn(-c2cc(Cl)ccc2[C@@H](Oc2nc(N)nc3c(-c4ccc(C[C@H](N)C(=O)O)cc4)csc23)C(F)(F)F)n1.Cl. The van der Waals surface area contributed by atoms with E-state index < -0.39 is 24.3 Å². The van der Waals surface area contributed by atoms with E-state index in [1.54, 1.807) is 42.6 Å². The van der Waals surface area contributed by atoms with Crippen LogP contribution in [0, 0.1) is 6.92 Å². The number of carboxylic acids is 1. The molecule has 5 N–H and O–H groups in total. The van der Waals surface area contributed by atoms with Crippen molar-refractivity contribution < 1.29 is 27.8 Å². The molecule has 0 spiro atoms. The molecule has 0 bridgehead atoms. The lowest BCUT2D eigenvalue weighted by atomic mass is 10.0. The maximum absolute atomic E-state index is 14.5. The molecule has 0 aliphatic carbocycles. The average Bonchev–Trinajstić information content (AvgIpc) is 3.53. The standard InChI is InChI=1S/C27H22ClF3N6O3S.ClH/c1-13-8-9-37(36-13)20-11-16(28)6-7-17(20)23(27(29,30)31)40-24-22-21(34-26(33)35-24)18(12-41-22)15-4-2-14(3-5-15)10-19(32)25(38)39;/h2-9,11-12,19,23H,10,32H2,1H3,(H,38,39)(H2,33,34,35);1H/t19-,23+;/m0./s1. The van der Waals surface area contributed by atoms with E-state index in [1.807, 2.05) is 0 Å². The second kappa shape index (κ2) is 12.1. The summed E-state index contributed by atoms with van der Waals surface area (Å²) < 4.78 is 50.8. The Morgan fingerprint density at radius 2 is 1.88 bits per heavy atom. The number of fused-ring (bicyclic) bond motifs is 1. The van der Waals surface area contributed by atoms with Crippen LogP contribution in [-0.4, -0.2) is 43.0 Å². The Bertz CT molecular complexity index is 1740. The van der Waals surface area contributed by atoms with Gasteiger partial charge in [0, 0.05) is 27.7 Å². The van der Waals surface area contributed by atoms with Gasteiger partial charge in [-0.1, -0.05) is 41.9 Å².